The third-order valence-electron chi connectivity index (χ3n) is 2.17. The van der Waals surface area contributed by atoms with Gasteiger partial charge in [0.05, 0.1) is 6.61 Å². The number of halogens is 1. The van der Waals surface area contributed by atoms with Gasteiger partial charge in [0.2, 0.25) is 0 Å². The fourth-order valence-electron chi connectivity index (χ4n) is 1.32. The first-order valence-corrected chi connectivity index (χ1v) is 5.82. The van der Waals surface area contributed by atoms with Crippen LogP contribution in [-0.4, -0.2) is 19.8 Å². The second-order valence-corrected chi connectivity index (χ2v) is 4.29. The summed E-state index contributed by atoms with van der Waals surface area (Å²) in [5, 5.41) is 0. The molecule has 96 valence electrons. The van der Waals surface area contributed by atoms with Gasteiger partial charge in [0.15, 0.2) is 11.6 Å². The highest BCUT2D eigenvalue weighted by Gasteiger charge is 2.04. The molecule has 0 aliphatic heterocycles. The third kappa shape index (κ3) is 5.15. The summed E-state index contributed by atoms with van der Waals surface area (Å²) in [4.78, 5) is 0. The Morgan fingerprint density at radius 2 is 2.06 bits per heavy atom. The van der Waals surface area contributed by atoms with E-state index >= 15 is 0 Å². The third-order valence-corrected chi connectivity index (χ3v) is 2.17. The molecular formula is C13H20FNO2. The van der Waals surface area contributed by atoms with Crippen LogP contribution >= 0.6 is 0 Å². The second kappa shape index (κ2) is 7.25. The molecule has 0 aliphatic carbocycles. The van der Waals surface area contributed by atoms with Gasteiger partial charge in [0, 0.05) is 13.2 Å². The lowest BCUT2D eigenvalue weighted by Crippen LogP contribution is -2.11. The van der Waals surface area contributed by atoms with Crippen molar-refractivity contribution in [3.05, 3.63) is 29.6 Å². The van der Waals surface area contributed by atoms with E-state index < -0.39 is 0 Å². The van der Waals surface area contributed by atoms with Crippen molar-refractivity contribution in [1.82, 2.24) is 0 Å². The second-order valence-electron chi connectivity index (χ2n) is 4.29. The molecule has 0 amide bonds. The fraction of sp³-hybridized carbons (Fsp3) is 0.538. The maximum absolute atomic E-state index is 13.5. The van der Waals surface area contributed by atoms with E-state index in [1.54, 1.807) is 12.1 Å². The van der Waals surface area contributed by atoms with Gasteiger partial charge >= 0.3 is 0 Å². The SMILES string of the molecule is CC(C)COCCOc1ccc(CN)cc1F. The first kappa shape index (κ1) is 13.9. The van der Waals surface area contributed by atoms with Gasteiger partial charge < -0.3 is 15.2 Å². The lowest BCUT2D eigenvalue weighted by Gasteiger charge is -2.09. The summed E-state index contributed by atoms with van der Waals surface area (Å²) >= 11 is 0. The topological polar surface area (TPSA) is 44.5 Å². The molecule has 0 unspecified atom stereocenters. The van der Waals surface area contributed by atoms with Crippen molar-refractivity contribution in [2.45, 2.75) is 20.4 Å². The van der Waals surface area contributed by atoms with E-state index in [0.29, 0.717) is 32.3 Å². The Hall–Kier alpha value is -1.13. The summed E-state index contributed by atoms with van der Waals surface area (Å²) in [5.41, 5.74) is 6.16. The van der Waals surface area contributed by atoms with E-state index in [9.17, 15) is 4.39 Å². The first-order valence-electron chi connectivity index (χ1n) is 5.82. The van der Waals surface area contributed by atoms with E-state index in [4.69, 9.17) is 15.2 Å². The van der Waals surface area contributed by atoms with Crippen LogP contribution in [-0.2, 0) is 11.3 Å². The van der Waals surface area contributed by atoms with Gasteiger partial charge in [-0.2, -0.15) is 0 Å². The summed E-state index contributed by atoms with van der Waals surface area (Å²) < 4.78 is 24.1. The van der Waals surface area contributed by atoms with Crippen molar-refractivity contribution >= 4 is 0 Å². The molecule has 17 heavy (non-hydrogen) atoms. The lowest BCUT2D eigenvalue weighted by molar-refractivity contribution is 0.0808. The lowest BCUT2D eigenvalue weighted by atomic mass is 10.2. The largest absolute Gasteiger partial charge is 0.488 e. The van der Waals surface area contributed by atoms with E-state index in [1.807, 2.05) is 0 Å². The zero-order chi connectivity index (χ0) is 12.7. The van der Waals surface area contributed by atoms with Crippen molar-refractivity contribution in [2.75, 3.05) is 19.8 Å². The average molecular weight is 241 g/mol. The molecule has 1 aromatic carbocycles. The van der Waals surface area contributed by atoms with Gasteiger partial charge in [0.1, 0.15) is 6.61 Å². The van der Waals surface area contributed by atoms with Gasteiger partial charge in [-0.1, -0.05) is 19.9 Å². The molecule has 0 fully saturated rings. The molecule has 4 heteroatoms. The first-order chi connectivity index (χ1) is 8.13. The highest BCUT2D eigenvalue weighted by Crippen LogP contribution is 2.17. The minimum atomic E-state index is -0.378. The number of rotatable bonds is 7. The van der Waals surface area contributed by atoms with Crippen molar-refractivity contribution in [3.63, 3.8) is 0 Å². The number of benzene rings is 1. The predicted molar refractivity (Wildman–Crippen MR) is 65.4 cm³/mol. The molecule has 1 aromatic rings. The summed E-state index contributed by atoms with van der Waals surface area (Å²) in [6, 6.07) is 4.75. The van der Waals surface area contributed by atoms with Crippen LogP contribution in [0.4, 0.5) is 4.39 Å². The highest BCUT2D eigenvalue weighted by molar-refractivity contribution is 5.29. The number of hydrogen-bond acceptors (Lipinski definition) is 3. The molecule has 1 rings (SSSR count). The molecule has 0 atom stereocenters. The Morgan fingerprint density at radius 1 is 1.29 bits per heavy atom. The summed E-state index contributed by atoms with van der Waals surface area (Å²) in [5.74, 6) is 0.364. The molecule has 0 heterocycles. The average Bonchev–Trinajstić information content (AvgIpc) is 2.30. The monoisotopic (exact) mass is 241 g/mol. The molecule has 0 saturated heterocycles. The summed E-state index contributed by atoms with van der Waals surface area (Å²) in [6.07, 6.45) is 0. The molecule has 2 N–H and O–H groups in total. The van der Waals surface area contributed by atoms with E-state index in [-0.39, 0.29) is 11.6 Å². The molecule has 0 spiro atoms. The smallest absolute Gasteiger partial charge is 0.165 e. The van der Waals surface area contributed by atoms with E-state index in [0.717, 1.165) is 5.56 Å². The molecule has 0 aromatic heterocycles. The zero-order valence-corrected chi connectivity index (χ0v) is 10.4. The fourth-order valence-corrected chi connectivity index (χ4v) is 1.32. The van der Waals surface area contributed by atoms with Gasteiger partial charge in [-0.25, -0.2) is 4.39 Å². The Labute approximate surface area is 102 Å². The normalized spacial score (nSPS) is 10.9. The van der Waals surface area contributed by atoms with Crippen LogP contribution in [0.15, 0.2) is 18.2 Å². The molecule has 0 aliphatic rings. The summed E-state index contributed by atoms with van der Waals surface area (Å²) in [7, 11) is 0. The van der Waals surface area contributed by atoms with Crippen LogP contribution in [0, 0.1) is 11.7 Å². The molecule has 3 nitrogen and oxygen atoms in total. The van der Waals surface area contributed by atoms with Crippen LogP contribution in [0.2, 0.25) is 0 Å². The van der Waals surface area contributed by atoms with Gasteiger partial charge in [-0.05, 0) is 23.6 Å². The van der Waals surface area contributed by atoms with Crippen LogP contribution in [0.25, 0.3) is 0 Å². The van der Waals surface area contributed by atoms with Crippen molar-refractivity contribution < 1.29 is 13.9 Å². The van der Waals surface area contributed by atoms with Gasteiger partial charge in [0.25, 0.3) is 0 Å². The van der Waals surface area contributed by atoms with E-state index in [2.05, 4.69) is 13.8 Å². The molecule has 0 bridgehead atoms. The molecule has 0 radical (unpaired) electrons. The molecular weight excluding hydrogens is 221 g/mol. The minimum Gasteiger partial charge on any atom is -0.488 e. The van der Waals surface area contributed by atoms with Crippen molar-refractivity contribution in [3.8, 4) is 5.75 Å². The number of nitrogens with two attached hydrogens (primary N) is 1. The Balaban J connectivity index is 2.32. The highest BCUT2D eigenvalue weighted by atomic mass is 19.1. The standard InChI is InChI=1S/C13H20FNO2/c1-10(2)9-16-5-6-17-13-4-3-11(8-15)7-12(13)14/h3-4,7,10H,5-6,8-9,15H2,1-2H3. The molecule has 0 saturated carbocycles. The zero-order valence-electron chi connectivity index (χ0n) is 10.4. The Morgan fingerprint density at radius 3 is 2.65 bits per heavy atom. The number of ether oxygens (including phenoxy) is 2. The maximum atomic E-state index is 13.5. The van der Waals surface area contributed by atoms with Crippen LogP contribution in [0.3, 0.4) is 0 Å². The Kier molecular flexibility index (Phi) is 5.94. The van der Waals surface area contributed by atoms with Crippen molar-refractivity contribution in [2.24, 2.45) is 11.7 Å². The minimum absolute atomic E-state index is 0.246. The van der Waals surface area contributed by atoms with Crippen LogP contribution < -0.4 is 10.5 Å². The quantitative estimate of drug-likeness (QED) is 0.745. The van der Waals surface area contributed by atoms with Crippen LogP contribution in [0.1, 0.15) is 19.4 Å². The van der Waals surface area contributed by atoms with E-state index in [1.165, 1.54) is 6.07 Å². The number of hydrogen-bond donors (Lipinski definition) is 1. The van der Waals surface area contributed by atoms with Crippen LogP contribution in [0.5, 0.6) is 5.75 Å². The van der Waals surface area contributed by atoms with Crippen molar-refractivity contribution in [1.29, 1.82) is 0 Å². The van der Waals surface area contributed by atoms with Gasteiger partial charge in [-0.3, -0.25) is 0 Å². The maximum Gasteiger partial charge on any atom is 0.165 e. The summed E-state index contributed by atoms with van der Waals surface area (Å²) in [6.45, 7) is 5.99. The Bertz CT molecular complexity index is 342. The predicted octanol–water partition coefficient (Wildman–Crippen LogP) is 2.34. The van der Waals surface area contributed by atoms with Gasteiger partial charge in [-0.15, -0.1) is 0 Å².